The third-order valence-electron chi connectivity index (χ3n) is 11.9. The molecule has 0 spiro atoms. The average Bonchev–Trinajstić information content (AvgIpc) is 3.20. The maximum atomic E-state index is 13.0. The van der Waals surface area contributed by atoms with Gasteiger partial charge in [0, 0.05) is 6.42 Å². The fourth-order valence-electron chi connectivity index (χ4n) is 8.02. The van der Waals surface area contributed by atoms with Gasteiger partial charge in [0.05, 0.1) is 25.0 Å². The van der Waals surface area contributed by atoms with Gasteiger partial charge in [-0.1, -0.05) is 182 Å². The van der Waals surface area contributed by atoms with Crippen LogP contribution >= 0.6 is 0 Å². The Labute approximate surface area is 361 Å². The summed E-state index contributed by atoms with van der Waals surface area (Å²) in [5.41, 5.74) is 0. The molecule has 2 unspecified atom stereocenters. The van der Waals surface area contributed by atoms with E-state index in [0.29, 0.717) is 19.6 Å². The van der Waals surface area contributed by atoms with Crippen LogP contribution < -0.4 is 0 Å². The quantitative estimate of drug-likeness (QED) is 0.0344. The zero-order chi connectivity index (χ0) is 42.7. The van der Waals surface area contributed by atoms with Gasteiger partial charge in [0.25, 0.3) is 0 Å². The molecule has 0 aromatic rings. The van der Waals surface area contributed by atoms with Gasteiger partial charge >= 0.3 is 17.9 Å². The van der Waals surface area contributed by atoms with Gasteiger partial charge in [-0.2, -0.15) is 0 Å². The van der Waals surface area contributed by atoms with Crippen molar-refractivity contribution >= 4 is 17.9 Å². The summed E-state index contributed by atoms with van der Waals surface area (Å²) < 4.78 is 17.7. The van der Waals surface area contributed by atoms with Crippen LogP contribution in [0.3, 0.4) is 0 Å². The van der Waals surface area contributed by atoms with Crippen LogP contribution in [0.5, 0.6) is 0 Å². The lowest BCUT2D eigenvalue weighted by molar-refractivity contribution is -0.150. The Morgan fingerprint density at radius 3 is 1.07 bits per heavy atom. The second-order valence-electron chi connectivity index (χ2n) is 18.0. The molecule has 7 nitrogen and oxygen atoms in total. The summed E-state index contributed by atoms with van der Waals surface area (Å²) in [6.45, 7) is 10.9. The van der Waals surface area contributed by atoms with E-state index in [9.17, 15) is 14.4 Å². The first-order chi connectivity index (χ1) is 28.3. The minimum Gasteiger partial charge on any atom is -0.465 e. The lowest BCUT2D eigenvalue weighted by atomic mass is 9.94. The highest BCUT2D eigenvalue weighted by Gasteiger charge is 2.21. The van der Waals surface area contributed by atoms with Crippen molar-refractivity contribution in [2.75, 3.05) is 33.9 Å². The molecule has 344 valence electrons. The average molecular weight is 822 g/mol. The third-order valence-corrected chi connectivity index (χ3v) is 11.9. The maximum Gasteiger partial charge on any atom is 0.308 e. The van der Waals surface area contributed by atoms with Crippen LogP contribution in [0.4, 0.5) is 0 Å². The zero-order valence-electron chi connectivity index (χ0n) is 39.7. The molecule has 0 aromatic heterocycles. The third kappa shape index (κ3) is 37.4. The van der Waals surface area contributed by atoms with Crippen molar-refractivity contribution in [3.05, 3.63) is 0 Å². The van der Waals surface area contributed by atoms with E-state index in [0.717, 1.165) is 129 Å². The molecule has 0 aliphatic rings. The summed E-state index contributed by atoms with van der Waals surface area (Å²) in [6, 6.07) is 0. The standard InChI is InChI=1S/C51H99NO6/c1-7-11-15-19-21-29-38-46(36-27-17-13-9-3)50(54)56-44-33-25-23-31-40-48(58-49(53)42-35-43-52(5)6)41-32-24-26-34-45-57-51(55)47(37-28-18-14-10-4)39-30-22-20-16-12-8-2/h46-48H,7-45H2,1-6H3. The molecule has 0 fully saturated rings. The molecular formula is C51H99NO6. The van der Waals surface area contributed by atoms with Crippen LogP contribution in [-0.4, -0.2) is 62.8 Å². The van der Waals surface area contributed by atoms with Gasteiger partial charge in [0.15, 0.2) is 0 Å². The molecule has 0 bridgehead atoms. The highest BCUT2D eigenvalue weighted by molar-refractivity contribution is 5.72. The van der Waals surface area contributed by atoms with Crippen molar-refractivity contribution in [3.8, 4) is 0 Å². The molecule has 0 saturated heterocycles. The number of hydrogen-bond acceptors (Lipinski definition) is 7. The largest absolute Gasteiger partial charge is 0.465 e. The molecule has 0 radical (unpaired) electrons. The van der Waals surface area contributed by atoms with Crippen LogP contribution in [0.1, 0.15) is 259 Å². The molecule has 0 aliphatic heterocycles. The minimum atomic E-state index is -0.0823. The van der Waals surface area contributed by atoms with E-state index in [1.807, 2.05) is 14.1 Å². The van der Waals surface area contributed by atoms with E-state index in [2.05, 4.69) is 32.6 Å². The Balaban J connectivity index is 4.66. The molecule has 0 amide bonds. The first kappa shape index (κ1) is 56.4. The van der Waals surface area contributed by atoms with Gasteiger partial charge in [-0.05, 0) is 91.3 Å². The Hall–Kier alpha value is -1.63. The van der Waals surface area contributed by atoms with Crippen LogP contribution in [0, 0.1) is 11.8 Å². The first-order valence-electron chi connectivity index (χ1n) is 25.5. The maximum absolute atomic E-state index is 13.0. The van der Waals surface area contributed by atoms with Crippen LogP contribution in [0.15, 0.2) is 0 Å². The van der Waals surface area contributed by atoms with Crippen molar-refractivity contribution < 1.29 is 28.6 Å². The van der Waals surface area contributed by atoms with E-state index < -0.39 is 0 Å². The zero-order valence-corrected chi connectivity index (χ0v) is 39.7. The highest BCUT2D eigenvalue weighted by Crippen LogP contribution is 2.23. The molecular weight excluding hydrogens is 723 g/mol. The second kappa shape index (κ2) is 43.5. The summed E-state index contributed by atoms with van der Waals surface area (Å²) in [5, 5.41) is 0. The van der Waals surface area contributed by atoms with Gasteiger partial charge in [0.2, 0.25) is 0 Å². The Bertz CT molecular complexity index is 851. The lowest BCUT2D eigenvalue weighted by Gasteiger charge is -2.19. The molecule has 0 N–H and O–H groups in total. The molecule has 2 atom stereocenters. The molecule has 7 heteroatoms. The van der Waals surface area contributed by atoms with Crippen LogP contribution in [0.2, 0.25) is 0 Å². The predicted octanol–water partition coefficient (Wildman–Crippen LogP) is 14.9. The van der Waals surface area contributed by atoms with Gasteiger partial charge in [-0.15, -0.1) is 0 Å². The van der Waals surface area contributed by atoms with Crippen LogP contribution in [-0.2, 0) is 28.6 Å². The number of esters is 3. The van der Waals surface area contributed by atoms with Crippen LogP contribution in [0.25, 0.3) is 0 Å². The molecule has 0 heterocycles. The van der Waals surface area contributed by atoms with E-state index in [1.165, 1.54) is 103 Å². The highest BCUT2D eigenvalue weighted by atomic mass is 16.5. The van der Waals surface area contributed by atoms with Gasteiger partial charge in [-0.3, -0.25) is 14.4 Å². The Kier molecular flexibility index (Phi) is 42.2. The smallest absolute Gasteiger partial charge is 0.308 e. The van der Waals surface area contributed by atoms with E-state index in [1.54, 1.807) is 0 Å². The number of rotatable bonds is 45. The normalized spacial score (nSPS) is 13.1. The number of hydrogen-bond donors (Lipinski definition) is 0. The van der Waals surface area contributed by atoms with Crippen molar-refractivity contribution in [3.63, 3.8) is 0 Å². The topological polar surface area (TPSA) is 82.1 Å². The summed E-state index contributed by atoms with van der Waals surface area (Å²) in [4.78, 5) is 40.9. The summed E-state index contributed by atoms with van der Waals surface area (Å²) in [7, 11) is 4.06. The summed E-state index contributed by atoms with van der Waals surface area (Å²) >= 11 is 0. The van der Waals surface area contributed by atoms with Gasteiger partial charge in [-0.25, -0.2) is 0 Å². The van der Waals surface area contributed by atoms with E-state index >= 15 is 0 Å². The van der Waals surface area contributed by atoms with Crippen molar-refractivity contribution in [1.82, 2.24) is 4.90 Å². The van der Waals surface area contributed by atoms with Crippen molar-refractivity contribution in [1.29, 1.82) is 0 Å². The fraction of sp³-hybridized carbons (Fsp3) is 0.941. The van der Waals surface area contributed by atoms with Crippen molar-refractivity contribution in [2.24, 2.45) is 11.8 Å². The Morgan fingerprint density at radius 1 is 0.397 bits per heavy atom. The summed E-state index contributed by atoms with van der Waals surface area (Å²) in [6.07, 6.45) is 39.4. The molecule has 0 aromatic carbocycles. The predicted molar refractivity (Wildman–Crippen MR) is 246 cm³/mol. The first-order valence-corrected chi connectivity index (χ1v) is 25.5. The number of unbranched alkanes of at least 4 members (excludes halogenated alkanes) is 22. The Morgan fingerprint density at radius 2 is 0.707 bits per heavy atom. The lowest BCUT2D eigenvalue weighted by Crippen LogP contribution is -2.20. The molecule has 0 aliphatic carbocycles. The van der Waals surface area contributed by atoms with Gasteiger partial charge < -0.3 is 19.1 Å². The van der Waals surface area contributed by atoms with E-state index in [-0.39, 0.29) is 35.8 Å². The SMILES string of the molecule is CCCCCCCCC(CCCCCC)C(=O)OCCCCCCC(CCCCCCOC(=O)C(CCCCCC)CCCCCCCC)OC(=O)CCCN(C)C. The fourth-order valence-corrected chi connectivity index (χ4v) is 8.02. The van der Waals surface area contributed by atoms with Gasteiger partial charge in [0.1, 0.15) is 6.10 Å². The summed E-state index contributed by atoms with van der Waals surface area (Å²) in [5.74, 6) is 0.0813. The number of nitrogens with zero attached hydrogens (tertiary/aromatic N) is 1. The molecule has 0 saturated carbocycles. The minimum absolute atomic E-state index is 0.0231. The van der Waals surface area contributed by atoms with Crippen molar-refractivity contribution in [2.45, 2.75) is 265 Å². The second-order valence-corrected chi connectivity index (χ2v) is 18.0. The number of carbonyl (C=O) groups is 3. The molecule has 58 heavy (non-hydrogen) atoms. The van der Waals surface area contributed by atoms with E-state index in [4.69, 9.17) is 14.2 Å². The monoisotopic (exact) mass is 822 g/mol. The number of carbonyl (C=O) groups excluding carboxylic acids is 3. The number of ether oxygens (including phenoxy) is 3. The molecule has 0 rings (SSSR count).